The molecule has 1 N–H and O–H groups in total. The van der Waals surface area contributed by atoms with Gasteiger partial charge in [-0.15, -0.1) is 24.0 Å². The van der Waals surface area contributed by atoms with E-state index in [4.69, 9.17) is 4.99 Å². The Hall–Kier alpha value is -1.31. The van der Waals surface area contributed by atoms with Crippen LogP contribution in [0.3, 0.4) is 0 Å². The van der Waals surface area contributed by atoms with Crippen LogP contribution < -0.4 is 5.32 Å². The molecule has 5 nitrogen and oxygen atoms in total. The standard InChI is InChI=1S/C19H28N4O.HI/c24-18(22-13-7-8-14-22)11-12-20-19(23-15-5-2-6-16-23)21-17-9-3-1-4-10-17;/h1,3-4,9-10H,2,5-8,11-16H2,(H,20,21);1H. The number of hydrogen-bond donors (Lipinski definition) is 1. The van der Waals surface area contributed by atoms with Gasteiger partial charge >= 0.3 is 0 Å². The third kappa shape index (κ3) is 6.17. The maximum absolute atomic E-state index is 12.2. The second-order valence-electron chi connectivity index (χ2n) is 6.58. The van der Waals surface area contributed by atoms with Crippen molar-refractivity contribution in [3.8, 4) is 0 Å². The van der Waals surface area contributed by atoms with Crippen molar-refractivity contribution in [1.29, 1.82) is 0 Å². The summed E-state index contributed by atoms with van der Waals surface area (Å²) in [7, 11) is 0. The normalized spacial score (nSPS) is 18.0. The molecule has 6 heteroatoms. The Labute approximate surface area is 167 Å². The largest absolute Gasteiger partial charge is 0.343 e. The Morgan fingerprint density at radius 2 is 1.52 bits per heavy atom. The van der Waals surface area contributed by atoms with Gasteiger partial charge in [0, 0.05) is 38.3 Å². The van der Waals surface area contributed by atoms with E-state index in [-0.39, 0.29) is 29.9 Å². The number of aliphatic imine (C=N–C) groups is 1. The van der Waals surface area contributed by atoms with Gasteiger partial charge in [-0.05, 0) is 44.2 Å². The monoisotopic (exact) mass is 456 g/mol. The van der Waals surface area contributed by atoms with E-state index in [2.05, 4.69) is 22.3 Å². The van der Waals surface area contributed by atoms with Gasteiger partial charge in [0.05, 0.1) is 6.54 Å². The lowest BCUT2D eigenvalue weighted by molar-refractivity contribution is -0.129. The molecule has 0 aromatic heterocycles. The Morgan fingerprint density at radius 1 is 0.920 bits per heavy atom. The first-order valence-electron chi connectivity index (χ1n) is 9.22. The molecule has 138 valence electrons. The van der Waals surface area contributed by atoms with E-state index < -0.39 is 0 Å². The fourth-order valence-corrected chi connectivity index (χ4v) is 3.36. The zero-order valence-electron chi connectivity index (χ0n) is 14.8. The van der Waals surface area contributed by atoms with E-state index in [1.807, 2.05) is 23.1 Å². The zero-order chi connectivity index (χ0) is 16.6. The molecule has 0 radical (unpaired) electrons. The van der Waals surface area contributed by atoms with Crippen LogP contribution in [0.15, 0.2) is 35.3 Å². The van der Waals surface area contributed by atoms with Gasteiger partial charge in [-0.2, -0.15) is 0 Å². The molecule has 0 saturated carbocycles. The van der Waals surface area contributed by atoms with Gasteiger partial charge < -0.3 is 15.1 Å². The average molecular weight is 456 g/mol. The molecule has 0 unspecified atom stereocenters. The molecule has 1 aromatic carbocycles. The summed E-state index contributed by atoms with van der Waals surface area (Å²) in [5.41, 5.74) is 1.05. The molecule has 2 fully saturated rings. The highest BCUT2D eigenvalue weighted by Gasteiger charge is 2.18. The first-order valence-corrected chi connectivity index (χ1v) is 9.22. The molecule has 3 rings (SSSR count). The number of nitrogens with one attached hydrogen (secondary N) is 1. The Morgan fingerprint density at radius 3 is 2.20 bits per heavy atom. The van der Waals surface area contributed by atoms with Crippen LogP contribution in [0, 0.1) is 0 Å². The summed E-state index contributed by atoms with van der Waals surface area (Å²) in [6.07, 6.45) is 6.51. The van der Waals surface area contributed by atoms with Crippen LogP contribution in [0.4, 0.5) is 5.69 Å². The molecular formula is C19H29IN4O. The number of nitrogens with zero attached hydrogens (tertiary/aromatic N) is 3. The number of amides is 1. The summed E-state index contributed by atoms with van der Waals surface area (Å²) in [5.74, 6) is 1.16. The molecule has 0 bridgehead atoms. The van der Waals surface area contributed by atoms with E-state index in [0.29, 0.717) is 13.0 Å². The van der Waals surface area contributed by atoms with Gasteiger partial charge in [-0.25, -0.2) is 0 Å². The fourth-order valence-electron chi connectivity index (χ4n) is 3.36. The lowest BCUT2D eigenvalue weighted by atomic mass is 10.1. The van der Waals surface area contributed by atoms with Crippen LogP contribution in [0.5, 0.6) is 0 Å². The third-order valence-corrected chi connectivity index (χ3v) is 4.73. The van der Waals surface area contributed by atoms with E-state index >= 15 is 0 Å². The molecule has 1 amide bonds. The van der Waals surface area contributed by atoms with Crippen molar-refractivity contribution in [3.05, 3.63) is 30.3 Å². The molecule has 1 aromatic rings. The summed E-state index contributed by atoms with van der Waals surface area (Å²) in [5, 5.41) is 3.44. The van der Waals surface area contributed by atoms with Gasteiger partial charge in [0.25, 0.3) is 0 Å². The van der Waals surface area contributed by atoms with Gasteiger partial charge in [0.15, 0.2) is 5.96 Å². The lowest BCUT2D eigenvalue weighted by Crippen LogP contribution is -2.40. The van der Waals surface area contributed by atoms with E-state index in [1.165, 1.54) is 19.3 Å². The minimum Gasteiger partial charge on any atom is -0.343 e. The predicted octanol–water partition coefficient (Wildman–Crippen LogP) is 3.57. The highest BCUT2D eigenvalue weighted by Crippen LogP contribution is 2.13. The number of carbonyl (C=O) groups excluding carboxylic acids is 1. The van der Waals surface area contributed by atoms with Crippen LogP contribution in [-0.2, 0) is 4.79 Å². The molecule has 0 atom stereocenters. The molecule has 2 heterocycles. The SMILES string of the molecule is I.O=C(CCN=C(Nc1ccccc1)N1CCCCC1)N1CCCC1. The molecule has 2 saturated heterocycles. The van der Waals surface area contributed by atoms with Crippen molar-refractivity contribution in [2.24, 2.45) is 4.99 Å². The highest BCUT2D eigenvalue weighted by molar-refractivity contribution is 14.0. The maximum atomic E-state index is 12.2. The van der Waals surface area contributed by atoms with Crippen LogP contribution >= 0.6 is 24.0 Å². The summed E-state index contributed by atoms with van der Waals surface area (Å²) in [6, 6.07) is 10.2. The van der Waals surface area contributed by atoms with Gasteiger partial charge in [-0.3, -0.25) is 9.79 Å². The van der Waals surface area contributed by atoms with Crippen LogP contribution in [0.2, 0.25) is 0 Å². The molecule has 0 spiro atoms. The molecule has 2 aliphatic rings. The Bertz CT molecular complexity index is 552. The van der Waals surface area contributed by atoms with Crippen molar-refractivity contribution in [3.63, 3.8) is 0 Å². The summed E-state index contributed by atoms with van der Waals surface area (Å²) < 4.78 is 0. The predicted molar refractivity (Wildman–Crippen MR) is 114 cm³/mol. The van der Waals surface area contributed by atoms with Crippen molar-refractivity contribution < 1.29 is 4.79 Å². The quantitative estimate of drug-likeness (QED) is 0.428. The number of carbonyl (C=O) groups is 1. The van der Waals surface area contributed by atoms with E-state index in [9.17, 15) is 4.79 Å². The number of para-hydroxylation sites is 1. The first kappa shape index (κ1) is 20.0. The third-order valence-electron chi connectivity index (χ3n) is 4.73. The average Bonchev–Trinajstić information content (AvgIpc) is 3.17. The number of piperidine rings is 1. The van der Waals surface area contributed by atoms with E-state index in [0.717, 1.165) is 50.7 Å². The van der Waals surface area contributed by atoms with Crippen LogP contribution in [0.1, 0.15) is 38.5 Å². The lowest BCUT2D eigenvalue weighted by Gasteiger charge is -2.30. The number of anilines is 1. The van der Waals surface area contributed by atoms with Crippen molar-refractivity contribution in [2.45, 2.75) is 38.5 Å². The topological polar surface area (TPSA) is 47.9 Å². The van der Waals surface area contributed by atoms with Gasteiger partial charge in [0.1, 0.15) is 0 Å². The first-order chi connectivity index (χ1) is 11.8. The Kier molecular flexibility index (Phi) is 8.51. The minimum atomic E-state index is 0. The molecule has 0 aliphatic carbocycles. The van der Waals surface area contributed by atoms with Gasteiger partial charge in [0.2, 0.25) is 5.91 Å². The second kappa shape index (κ2) is 10.6. The van der Waals surface area contributed by atoms with Gasteiger partial charge in [-0.1, -0.05) is 18.2 Å². The van der Waals surface area contributed by atoms with Crippen LogP contribution in [0.25, 0.3) is 0 Å². The van der Waals surface area contributed by atoms with Crippen molar-refractivity contribution in [2.75, 3.05) is 38.0 Å². The maximum Gasteiger partial charge on any atom is 0.224 e. The zero-order valence-corrected chi connectivity index (χ0v) is 17.2. The number of likely N-dealkylation sites (tertiary alicyclic amines) is 2. The minimum absolute atomic E-state index is 0. The number of benzene rings is 1. The number of hydrogen-bond acceptors (Lipinski definition) is 2. The summed E-state index contributed by atoms with van der Waals surface area (Å²) in [4.78, 5) is 21.2. The van der Waals surface area contributed by atoms with Crippen molar-refractivity contribution in [1.82, 2.24) is 9.80 Å². The second-order valence-corrected chi connectivity index (χ2v) is 6.58. The number of halogens is 1. The molecule has 2 aliphatic heterocycles. The number of guanidine groups is 1. The molecular weight excluding hydrogens is 427 g/mol. The smallest absolute Gasteiger partial charge is 0.224 e. The molecule has 25 heavy (non-hydrogen) atoms. The fraction of sp³-hybridized carbons (Fsp3) is 0.579. The number of rotatable bonds is 4. The summed E-state index contributed by atoms with van der Waals surface area (Å²) in [6.45, 7) is 4.48. The Balaban J connectivity index is 0.00000225. The van der Waals surface area contributed by atoms with Crippen LogP contribution in [-0.4, -0.2) is 54.4 Å². The highest BCUT2D eigenvalue weighted by atomic mass is 127. The summed E-state index contributed by atoms with van der Waals surface area (Å²) >= 11 is 0. The van der Waals surface area contributed by atoms with E-state index in [1.54, 1.807) is 0 Å². The van der Waals surface area contributed by atoms with Crippen molar-refractivity contribution >= 4 is 41.5 Å².